The van der Waals surface area contributed by atoms with Crippen LogP contribution in [0, 0.1) is 17.0 Å². The van der Waals surface area contributed by atoms with E-state index in [2.05, 4.69) is 10.6 Å². The number of ether oxygens (including phenoxy) is 2. The number of thiophene rings is 1. The van der Waals surface area contributed by atoms with Gasteiger partial charge in [-0.2, -0.15) is 0 Å². The summed E-state index contributed by atoms with van der Waals surface area (Å²) < 4.78 is 10.5. The molecular formula is C20H23N3O6S. The van der Waals surface area contributed by atoms with Crippen LogP contribution in [-0.4, -0.2) is 42.8 Å². The number of rotatable bonds is 6. The second-order valence-electron chi connectivity index (χ2n) is 6.77. The number of hydrogen-bond acceptors (Lipinski definition) is 7. The number of carbonyl (C=O) groups excluding carboxylic acids is 2. The Bertz CT molecular complexity index is 935. The number of anilines is 1. The zero-order valence-corrected chi connectivity index (χ0v) is 17.5. The summed E-state index contributed by atoms with van der Waals surface area (Å²) in [5.41, 5.74) is 1.63. The molecule has 0 aliphatic carbocycles. The molecule has 1 saturated heterocycles. The van der Waals surface area contributed by atoms with E-state index in [-0.39, 0.29) is 23.9 Å². The summed E-state index contributed by atoms with van der Waals surface area (Å²) in [6.07, 6.45) is 1.46. The number of urea groups is 1. The van der Waals surface area contributed by atoms with E-state index < -0.39 is 16.9 Å². The van der Waals surface area contributed by atoms with Crippen LogP contribution < -0.4 is 10.6 Å². The van der Waals surface area contributed by atoms with Crippen molar-refractivity contribution in [2.75, 3.05) is 25.1 Å². The lowest BCUT2D eigenvalue weighted by Gasteiger charge is -2.23. The fourth-order valence-electron chi connectivity index (χ4n) is 3.23. The van der Waals surface area contributed by atoms with Crippen molar-refractivity contribution in [2.24, 2.45) is 0 Å². The van der Waals surface area contributed by atoms with Gasteiger partial charge in [-0.25, -0.2) is 9.59 Å². The predicted octanol–water partition coefficient (Wildman–Crippen LogP) is 4.11. The highest BCUT2D eigenvalue weighted by Crippen LogP contribution is 2.40. The first-order valence-electron chi connectivity index (χ1n) is 9.61. The van der Waals surface area contributed by atoms with Gasteiger partial charge < -0.3 is 14.8 Å². The third-order valence-corrected chi connectivity index (χ3v) is 6.01. The first kappa shape index (κ1) is 21.7. The molecule has 0 atom stereocenters. The lowest BCUT2D eigenvalue weighted by molar-refractivity contribution is -0.384. The minimum atomic E-state index is -0.527. The smallest absolute Gasteiger partial charge is 0.341 e. The molecule has 0 saturated carbocycles. The van der Waals surface area contributed by atoms with E-state index in [1.807, 2.05) is 0 Å². The molecule has 1 aromatic carbocycles. The number of nitro groups is 1. The SMILES string of the molecule is CCOC(=O)c1c(NC(=O)NC2CCOCC2)sc(-c2ccc([N+](=O)[O-])cc2)c1C. The van der Waals surface area contributed by atoms with Crippen LogP contribution >= 0.6 is 11.3 Å². The zero-order valence-electron chi connectivity index (χ0n) is 16.7. The lowest BCUT2D eigenvalue weighted by Crippen LogP contribution is -2.41. The number of nitrogens with one attached hydrogen (secondary N) is 2. The summed E-state index contributed by atoms with van der Waals surface area (Å²) in [6, 6.07) is 5.67. The fraction of sp³-hybridized carbons (Fsp3) is 0.400. The molecule has 160 valence electrons. The van der Waals surface area contributed by atoms with Gasteiger partial charge in [0.2, 0.25) is 0 Å². The van der Waals surface area contributed by atoms with E-state index in [9.17, 15) is 19.7 Å². The van der Waals surface area contributed by atoms with E-state index in [0.29, 0.717) is 29.3 Å². The number of nitro benzene ring substituents is 1. The van der Waals surface area contributed by atoms with Gasteiger partial charge >= 0.3 is 12.0 Å². The van der Waals surface area contributed by atoms with Crippen LogP contribution in [0.25, 0.3) is 10.4 Å². The first-order valence-corrected chi connectivity index (χ1v) is 10.4. The molecule has 0 spiro atoms. The maximum absolute atomic E-state index is 12.6. The van der Waals surface area contributed by atoms with Crippen molar-refractivity contribution < 1.29 is 24.0 Å². The molecule has 0 bridgehead atoms. The number of esters is 1. The van der Waals surface area contributed by atoms with Gasteiger partial charge in [0.15, 0.2) is 0 Å². The summed E-state index contributed by atoms with van der Waals surface area (Å²) in [6.45, 7) is 4.88. The van der Waals surface area contributed by atoms with Crippen LogP contribution in [0.4, 0.5) is 15.5 Å². The van der Waals surface area contributed by atoms with Crippen molar-refractivity contribution in [3.8, 4) is 10.4 Å². The molecule has 2 amide bonds. The Morgan fingerprint density at radius 2 is 1.93 bits per heavy atom. The largest absolute Gasteiger partial charge is 0.462 e. The second kappa shape index (κ2) is 9.68. The highest BCUT2D eigenvalue weighted by Gasteiger charge is 2.25. The van der Waals surface area contributed by atoms with Gasteiger partial charge in [0.25, 0.3) is 5.69 Å². The van der Waals surface area contributed by atoms with Crippen molar-refractivity contribution in [3.63, 3.8) is 0 Å². The normalized spacial score (nSPS) is 14.2. The molecule has 0 radical (unpaired) electrons. The number of carbonyl (C=O) groups is 2. The van der Waals surface area contributed by atoms with E-state index in [1.165, 1.54) is 23.5 Å². The minimum absolute atomic E-state index is 0.0139. The number of benzene rings is 1. The van der Waals surface area contributed by atoms with Gasteiger partial charge in [0.1, 0.15) is 5.00 Å². The molecule has 1 aromatic heterocycles. The maximum atomic E-state index is 12.6. The van der Waals surface area contributed by atoms with Gasteiger partial charge in [-0.3, -0.25) is 15.4 Å². The van der Waals surface area contributed by atoms with Crippen LogP contribution in [0.1, 0.15) is 35.7 Å². The lowest BCUT2D eigenvalue weighted by atomic mass is 10.1. The van der Waals surface area contributed by atoms with E-state index in [1.54, 1.807) is 26.0 Å². The monoisotopic (exact) mass is 433 g/mol. The molecule has 2 N–H and O–H groups in total. The molecule has 2 aromatic rings. The molecule has 1 fully saturated rings. The molecule has 0 unspecified atom stereocenters. The zero-order chi connectivity index (χ0) is 21.7. The van der Waals surface area contributed by atoms with Crippen molar-refractivity contribution in [3.05, 3.63) is 45.5 Å². The third-order valence-electron chi connectivity index (χ3n) is 4.75. The third kappa shape index (κ3) is 4.95. The van der Waals surface area contributed by atoms with Gasteiger partial charge in [-0.1, -0.05) is 0 Å². The fourth-order valence-corrected chi connectivity index (χ4v) is 4.42. The van der Waals surface area contributed by atoms with E-state index >= 15 is 0 Å². The highest BCUT2D eigenvalue weighted by atomic mass is 32.1. The Morgan fingerprint density at radius 1 is 1.27 bits per heavy atom. The quantitative estimate of drug-likeness (QED) is 0.402. The highest BCUT2D eigenvalue weighted by molar-refractivity contribution is 7.20. The standard InChI is InChI=1S/C20H23N3O6S/c1-3-29-19(24)16-12(2)17(13-4-6-15(7-5-13)23(26)27)30-18(16)22-20(25)21-14-8-10-28-11-9-14/h4-7,14H,3,8-11H2,1-2H3,(H2,21,22,25). The van der Waals surface area contributed by atoms with Crippen molar-refractivity contribution in [1.82, 2.24) is 5.32 Å². The van der Waals surface area contributed by atoms with Crippen LogP contribution in [-0.2, 0) is 9.47 Å². The summed E-state index contributed by atoms with van der Waals surface area (Å²) in [7, 11) is 0. The number of hydrogen-bond donors (Lipinski definition) is 2. The number of non-ortho nitro benzene ring substituents is 1. The Hall–Kier alpha value is -2.98. The summed E-state index contributed by atoms with van der Waals surface area (Å²) in [5.74, 6) is -0.527. The topological polar surface area (TPSA) is 120 Å². The Labute approximate surface area is 177 Å². The molecule has 30 heavy (non-hydrogen) atoms. The maximum Gasteiger partial charge on any atom is 0.341 e. The molecule has 1 aliphatic rings. The molecule has 1 aliphatic heterocycles. The average molecular weight is 433 g/mol. The number of nitrogens with zero attached hydrogens (tertiary/aromatic N) is 1. The summed E-state index contributed by atoms with van der Waals surface area (Å²) in [4.78, 5) is 36.2. The van der Waals surface area contributed by atoms with Gasteiger partial charge in [-0.15, -0.1) is 11.3 Å². The second-order valence-corrected chi connectivity index (χ2v) is 7.79. The van der Waals surface area contributed by atoms with Gasteiger partial charge in [0, 0.05) is 36.3 Å². The Kier molecular flexibility index (Phi) is 7.01. The van der Waals surface area contributed by atoms with E-state index in [4.69, 9.17) is 9.47 Å². The predicted molar refractivity (Wildman–Crippen MR) is 113 cm³/mol. The van der Waals surface area contributed by atoms with Crippen molar-refractivity contribution >= 4 is 34.0 Å². The molecule has 10 heteroatoms. The Balaban J connectivity index is 1.88. The van der Waals surface area contributed by atoms with Crippen LogP contribution in [0.2, 0.25) is 0 Å². The van der Waals surface area contributed by atoms with Crippen LogP contribution in [0.3, 0.4) is 0 Å². The molecule has 9 nitrogen and oxygen atoms in total. The van der Waals surface area contributed by atoms with Gasteiger partial charge in [0.05, 0.1) is 17.1 Å². The Morgan fingerprint density at radius 3 is 2.53 bits per heavy atom. The van der Waals surface area contributed by atoms with E-state index in [0.717, 1.165) is 17.7 Å². The number of amides is 2. The average Bonchev–Trinajstić information content (AvgIpc) is 3.04. The summed E-state index contributed by atoms with van der Waals surface area (Å²) >= 11 is 1.23. The van der Waals surface area contributed by atoms with Crippen LogP contribution in [0.15, 0.2) is 24.3 Å². The summed E-state index contributed by atoms with van der Waals surface area (Å²) in [5, 5.41) is 17.0. The molecule has 3 rings (SSSR count). The molecular weight excluding hydrogens is 410 g/mol. The first-order chi connectivity index (χ1) is 14.4. The minimum Gasteiger partial charge on any atom is -0.462 e. The van der Waals surface area contributed by atoms with Crippen molar-refractivity contribution in [2.45, 2.75) is 32.7 Å². The van der Waals surface area contributed by atoms with Crippen molar-refractivity contribution in [1.29, 1.82) is 0 Å². The van der Waals surface area contributed by atoms with Gasteiger partial charge in [-0.05, 0) is 49.9 Å². The van der Waals surface area contributed by atoms with Crippen LogP contribution in [0.5, 0.6) is 0 Å². The molecule has 2 heterocycles.